The zero-order valence-electron chi connectivity index (χ0n) is 12.2. The SMILES string of the molecule is C[C@H](O)c1ccc(C#N)cc1N1CCN(S(C)(=O)=O)CC1. The van der Waals surface area contributed by atoms with Crippen molar-refractivity contribution in [1.29, 1.82) is 5.26 Å². The molecule has 1 atom stereocenters. The van der Waals surface area contributed by atoms with Crippen molar-refractivity contribution in [3.05, 3.63) is 29.3 Å². The monoisotopic (exact) mass is 309 g/mol. The number of hydrogen-bond acceptors (Lipinski definition) is 5. The van der Waals surface area contributed by atoms with Gasteiger partial charge in [-0.15, -0.1) is 0 Å². The van der Waals surface area contributed by atoms with Crippen molar-refractivity contribution in [2.24, 2.45) is 0 Å². The maximum atomic E-state index is 11.5. The van der Waals surface area contributed by atoms with E-state index in [-0.39, 0.29) is 0 Å². The highest BCUT2D eigenvalue weighted by Crippen LogP contribution is 2.28. The lowest BCUT2D eigenvalue weighted by Crippen LogP contribution is -2.48. The third-order valence-corrected chi connectivity index (χ3v) is 4.96. The van der Waals surface area contributed by atoms with Gasteiger partial charge in [-0.2, -0.15) is 9.57 Å². The molecule has 1 heterocycles. The molecule has 1 aliphatic heterocycles. The number of nitriles is 1. The van der Waals surface area contributed by atoms with Crippen LogP contribution in [0.2, 0.25) is 0 Å². The van der Waals surface area contributed by atoms with E-state index in [4.69, 9.17) is 5.26 Å². The van der Waals surface area contributed by atoms with Crippen molar-refractivity contribution in [1.82, 2.24) is 4.31 Å². The van der Waals surface area contributed by atoms with Gasteiger partial charge in [-0.3, -0.25) is 0 Å². The van der Waals surface area contributed by atoms with Crippen LogP contribution < -0.4 is 4.90 Å². The maximum absolute atomic E-state index is 11.5. The molecule has 0 aromatic heterocycles. The Bertz CT molecular complexity index is 657. The van der Waals surface area contributed by atoms with Gasteiger partial charge in [0.15, 0.2) is 0 Å². The molecule has 21 heavy (non-hydrogen) atoms. The van der Waals surface area contributed by atoms with Crippen molar-refractivity contribution in [3.63, 3.8) is 0 Å². The Kier molecular flexibility index (Phi) is 4.52. The van der Waals surface area contributed by atoms with Crippen LogP contribution in [0.5, 0.6) is 0 Å². The minimum Gasteiger partial charge on any atom is -0.389 e. The summed E-state index contributed by atoms with van der Waals surface area (Å²) >= 11 is 0. The summed E-state index contributed by atoms with van der Waals surface area (Å²) in [5, 5.41) is 18.9. The summed E-state index contributed by atoms with van der Waals surface area (Å²) < 4.78 is 24.5. The Balaban J connectivity index is 2.25. The number of aliphatic hydroxyl groups is 1. The van der Waals surface area contributed by atoms with Crippen LogP contribution >= 0.6 is 0 Å². The lowest BCUT2D eigenvalue weighted by Gasteiger charge is -2.36. The standard InChI is InChI=1S/C14H19N3O3S/c1-11(18)13-4-3-12(10-15)9-14(13)16-5-7-17(8-6-16)21(2,19)20/h3-4,9,11,18H,5-8H2,1-2H3/t11-/m0/s1. The molecule has 1 fully saturated rings. The van der Waals surface area contributed by atoms with Gasteiger partial charge in [0.05, 0.1) is 24.0 Å². The second-order valence-electron chi connectivity index (χ2n) is 5.21. The van der Waals surface area contributed by atoms with E-state index in [9.17, 15) is 13.5 Å². The number of piperazine rings is 1. The smallest absolute Gasteiger partial charge is 0.211 e. The van der Waals surface area contributed by atoms with Crippen LogP contribution in [0.15, 0.2) is 18.2 Å². The van der Waals surface area contributed by atoms with Crippen LogP contribution in [0.1, 0.15) is 24.2 Å². The van der Waals surface area contributed by atoms with Gasteiger partial charge in [0, 0.05) is 37.4 Å². The van der Waals surface area contributed by atoms with E-state index < -0.39 is 16.1 Å². The van der Waals surface area contributed by atoms with E-state index in [0.717, 1.165) is 11.3 Å². The van der Waals surface area contributed by atoms with Gasteiger partial charge in [0.2, 0.25) is 10.0 Å². The molecule has 1 aromatic rings. The van der Waals surface area contributed by atoms with Gasteiger partial charge in [-0.05, 0) is 19.1 Å². The Morgan fingerprint density at radius 3 is 2.38 bits per heavy atom. The predicted molar refractivity (Wildman–Crippen MR) is 80.4 cm³/mol. The highest BCUT2D eigenvalue weighted by Gasteiger charge is 2.25. The summed E-state index contributed by atoms with van der Waals surface area (Å²) in [6.07, 6.45) is 0.570. The summed E-state index contributed by atoms with van der Waals surface area (Å²) in [4.78, 5) is 2.02. The van der Waals surface area contributed by atoms with E-state index in [1.54, 1.807) is 25.1 Å². The van der Waals surface area contributed by atoms with Gasteiger partial charge < -0.3 is 10.0 Å². The average Bonchev–Trinajstić information content (AvgIpc) is 2.45. The Hall–Kier alpha value is -1.62. The highest BCUT2D eigenvalue weighted by molar-refractivity contribution is 7.88. The molecule has 1 saturated heterocycles. The molecule has 6 nitrogen and oxygen atoms in total. The first kappa shape index (κ1) is 15.8. The van der Waals surface area contributed by atoms with Crippen molar-refractivity contribution in [2.45, 2.75) is 13.0 Å². The van der Waals surface area contributed by atoms with Gasteiger partial charge >= 0.3 is 0 Å². The summed E-state index contributed by atoms with van der Waals surface area (Å²) in [5.74, 6) is 0. The Labute approximate surface area is 125 Å². The molecule has 1 aromatic carbocycles. The summed E-state index contributed by atoms with van der Waals surface area (Å²) in [5.41, 5.74) is 2.08. The normalized spacial score (nSPS) is 18.3. The molecule has 7 heteroatoms. The first-order valence-electron chi connectivity index (χ1n) is 6.75. The van der Waals surface area contributed by atoms with Gasteiger partial charge in [0.25, 0.3) is 0 Å². The van der Waals surface area contributed by atoms with E-state index in [0.29, 0.717) is 31.7 Å². The lowest BCUT2D eigenvalue weighted by molar-refractivity contribution is 0.199. The first-order valence-corrected chi connectivity index (χ1v) is 8.60. The number of nitrogens with zero attached hydrogens (tertiary/aromatic N) is 3. The fourth-order valence-electron chi connectivity index (χ4n) is 2.50. The fourth-order valence-corrected chi connectivity index (χ4v) is 3.33. The van der Waals surface area contributed by atoms with Crippen molar-refractivity contribution in [2.75, 3.05) is 37.3 Å². The highest BCUT2D eigenvalue weighted by atomic mass is 32.2. The average molecular weight is 309 g/mol. The van der Waals surface area contributed by atoms with E-state index >= 15 is 0 Å². The number of aliphatic hydroxyl groups excluding tert-OH is 1. The third kappa shape index (κ3) is 3.53. The van der Waals surface area contributed by atoms with E-state index in [1.165, 1.54) is 10.6 Å². The van der Waals surface area contributed by atoms with Crippen LogP contribution in [-0.4, -0.2) is 50.3 Å². The van der Waals surface area contributed by atoms with Crippen molar-refractivity contribution in [3.8, 4) is 6.07 Å². The molecule has 0 bridgehead atoms. The topological polar surface area (TPSA) is 84.6 Å². The second-order valence-corrected chi connectivity index (χ2v) is 7.19. The zero-order chi connectivity index (χ0) is 15.6. The molecule has 114 valence electrons. The van der Waals surface area contributed by atoms with Gasteiger partial charge in [0.1, 0.15) is 0 Å². The molecule has 1 N–H and O–H groups in total. The van der Waals surface area contributed by atoms with Crippen LogP contribution in [0.25, 0.3) is 0 Å². The minimum absolute atomic E-state index is 0.412. The lowest BCUT2D eigenvalue weighted by atomic mass is 10.0. The van der Waals surface area contributed by atoms with E-state index in [1.807, 2.05) is 4.90 Å². The van der Waals surface area contributed by atoms with Crippen molar-refractivity contribution < 1.29 is 13.5 Å². The number of hydrogen-bond donors (Lipinski definition) is 1. The molecule has 0 amide bonds. The van der Waals surface area contributed by atoms with Crippen LogP contribution in [0.3, 0.4) is 0 Å². The molecule has 0 aliphatic carbocycles. The maximum Gasteiger partial charge on any atom is 0.211 e. The largest absolute Gasteiger partial charge is 0.389 e. The zero-order valence-corrected chi connectivity index (χ0v) is 13.0. The minimum atomic E-state index is -3.17. The Morgan fingerprint density at radius 2 is 1.90 bits per heavy atom. The number of anilines is 1. The summed E-state index contributed by atoms with van der Waals surface area (Å²) in [6.45, 7) is 3.59. The molecule has 2 rings (SSSR count). The van der Waals surface area contributed by atoms with Crippen LogP contribution in [0, 0.1) is 11.3 Å². The molecule has 0 radical (unpaired) electrons. The summed E-state index contributed by atoms with van der Waals surface area (Å²) in [6, 6.07) is 7.27. The van der Waals surface area contributed by atoms with E-state index in [2.05, 4.69) is 6.07 Å². The molecule has 0 saturated carbocycles. The number of benzene rings is 1. The number of rotatable bonds is 3. The molecule has 0 unspecified atom stereocenters. The number of sulfonamides is 1. The van der Waals surface area contributed by atoms with Gasteiger partial charge in [-0.25, -0.2) is 8.42 Å². The molecule has 1 aliphatic rings. The Morgan fingerprint density at radius 1 is 1.29 bits per heavy atom. The van der Waals surface area contributed by atoms with Crippen molar-refractivity contribution >= 4 is 15.7 Å². The molecular formula is C14H19N3O3S. The predicted octanol–water partition coefficient (Wildman–Crippen LogP) is 0.693. The molecular weight excluding hydrogens is 290 g/mol. The van der Waals surface area contributed by atoms with Crippen LogP contribution in [-0.2, 0) is 10.0 Å². The first-order chi connectivity index (χ1) is 9.82. The fraction of sp³-hybridized carbons (Fsp3) is 0.500. The summed E-state index contributed by atoms with van der Waals surface area (Å²) in [7, 11) is -3.17. The van der Waals surface area contributed by atoms with Crippen LogP contribution in [0.4, 0.5) is 5.69 Å². The quantitative estimate of drug-likeness (QED) is 0.888. The third-order valence-electron chi connectivity index (χ3n) is 3.66. The molecule has 0 spiro atoms. The second kappa shape index (κ2) is 6.02. The van der Waals surface area contributed by atoms with Gasteiger partial charge in [-0.1, -0.05) is 6.07 Å².